The van der Waals surface area contributed by atoms with Crippen LogP contribution < -0.4 is 10.5 Å². The summed E-state index contributed by atoms with van der Waals surface area (Å²) in [6.07, 6.45) is 9.37. The molecular weight excluding hydrogens is 210 g/mol. The van der Waals surface area contributed by atoms with Crippen molar-refractivity contribution in [3.63, 3.8) is 0 Å². The zero-order valence-electron chi connectivity index (χ0n) is 10.3. The van der Waals surface area contributed by atoms with Gasteiger partial charge in [-0.25, -0.2) is 0 Å². The fraction of sp³-hybridized carbons (Fsp3) is 0.467. The van der Waals surface area contributed by atoms with Gasteiger partial charge < -0.3 is 10.5 Å². The van der Waals surface area contributed by atoms with E-state index in [1.165, 1.54) is 32.1 Å². The van der Waals surface area contributed by atoms with Crippen molar-refractivity contribution < 1.29 is 4.74 Å². The number of allylic oxidation sites excluding steroid dienone is 1. The van der Waals surface area contributed by atoms with Crippen molar-refractivity contribution in [1.82, 2.24) is 0 Å². The summed E-state index contributed by atoms with van der Waals surface area (Å²) < 4.78 is 6.09. The first-order chi connectivity index (χ1) is 8.29. The van der Waals surface area contributed by atoms with Crippen LogP contribution in [-0.4, -0.2) is 6.10 Å². The average Bonchev–Trinajstić information content (AvgIpc) is 2.34. The van der Waals surface area contributed by atoms with Gasteiger partial charge in [-0.2, -0.15) is 0 Å². The van der Waals surface area contributed by atoms with Crippen molar-refractivity contribution in [1.29, 1.82) is 0 Å². The van der Waals surface area contributed by atoms with Crippen molar-refractivity contribution in [2.75, 3.05) is 5.73 Å². The van der Waals surface area contributed by atoms with E-state index in [2.05, 4.69) is 6.58 Å². The quantitative estimate of drug-likeness (QED) is 0.633. The highest BCUT2D eigenvalue weighted by atomic mass is 16.5. The summed E-state index contributed by atoms with van der Waals surface area (Å²) in [4.78, 5) is 0. The second-order valence-electron chi connectivity index (χ2n) is 4.74. The number of hydrogen-bond donors (Lipinski definition) is 1. The molecule has 0 saturated heterocycles. The number of nitrogens with two attached hydrogens (primary N) is 1. The van der Waals surface area contributed by atoms with E-state index in [0.717, 1.165) is 23.4 Å². The molecule has 0 heterocycles. The van der Waals surface area contributed by atoms with Crippen LogP contribution in [0.15, 0.2) is 30.9 Å². The van der Waals surface area contributed by atoms with Crippen LogP contribution in [0, 0.1) is 0 Å². The van der Waals surface area contributed by atoms with E-state index in [1.807, 2.05) is 24.3 Å². The van der Waals surface area contributed by atoms with Crippen LogP contribution in [0.4, 0.5) is 5.69 Å². The second kappa shape index (κ2) is 5.76. The third kappa shape index (κ3) is 3.26. The van der Waals surface area contributed by atoms with Crippen molar-refractivity contribution >= 4 is 5.69 Å². The van der Waals surface area contributed by atoms with E-state index in [4.69, 9.17) is 10.5 Å². The van der Waals surface area contributed by atoms with Crippen LogP contribution in [0.2, 0.25) is 0 Å². The van der Waals surface area contributed by atoms with Gasteiger partial charge in [-0.3, -0.25) is 0 Å². The maximum Gasteiger partial charge on any atom is 0.123 e. The molecule has 0 radical (unpaired) electrons. The Kier molecular flexibility index (Phi) is 4.08. The Labute approximate surface area is 103 Å². The van der Waals surface area contributed by atoms with E-state index < -0.39 is 0 Å². The zero-order chi connectivity index (χ0) is 12.1. The van der Waals surface area contributed by atoms with Crippen molar-refractivity contribution in [3.8, 4) is 5.75 Å². The summed E-state index contributed by atoms with van der Waals surface area (Å²) in [5.74, 6) is 0.978. The molecule has 1 aliphatic carbocycles. The Morgan fingerprint density at radius 2 is 2.06 bits per heavy atom. The van der Waals surface area contributed by atoms with Crippen LogP contribution >= 0.6 is 0 Å². The molecule has 2 heteroatoms. The van der Waals surface area contributed by atoms with E-state index in [-0.39, 0.29) is 0 Å². The molecule has 92 valence electrons. The highest BCUT2D eigenvalue weighted by Gasteiger charge is 2.16. The summed E-state index contributed by atoms with van der Waals surface area (Å²) in [7, 11) is 0. The topological polar surface area (TPSA) is 35.2 Å². The molecular formula is C15H21NO. The molecule has 0 amide bonds. The summed E-state index contributed by atoms with van der Waals surface area (Å²) in [6, 6.07) is 5.88. The Bertz CT molecular complexity index is 381. The fourth-order valence-electron chi connectivity index (χ4n) is 2.39. The van der Waals surface area contributed by atoms with Gasteiger partial charge in [0.05, 0.1) is 6.10 Å². The van der Waals surface area contributed by atoms with Gasteiger partial charge in [-0.1, -0.05) is 12.5 Å². The summed E-state index contributed by atoms with van der Waals surface area (Å²) in [5, 5.41) is 0. The van der Waals surface area contributed by atoms with E-state index in [0.29, 0.717) is 6.10 Å². The first-order valence-electron chi connectivity index (χ1n) is 6.45. The Balaban J connectivity index is 2.10. The number of nitrogen functional groups attached to an aromatic ring is 1. The van der Waals surface area contributed by atoms with Crippen LogP contribution in [0.1, 0.15) is 37.7 Å². The smallest absolute Gasteiger partial charge is 0.123 e. The molecule has 0 atom stereocenters. The summed E-state index contributed by atoms with van der Waals surface area (Å²) in [6.45, 7) is 3.78. The molecule has 0 aliphatic heterocycles. The Morgan fingerprint density at radius 3 is 2.76 bits per heavy atom. The molecule has 17 heavy (non-hydrogen) atoms. The fourth-order valence-corrected chi connectivity index (χ4v) is 2.39. The molecule has 1 aromatic rings. The van der Waals surface area contributed by atoms with E-state index in [9.17, 15) is 0 Å². The van der Waals surface area contributed by atoms with Gasteiger partial charge in [0.2, 0.25) is 0 Å². The molecule has 0 unspecified atom stereocenters. The van der Waals surface area contributed by atoms with Crippen LogP contribution in [0.5, 0.6) is 5.75 Å². The second-order valence-corrected chi connectivity index (χ2v) is 4.74. The van der Waals surface area contributed by atoms with Gasteiger partial charge >= 0.3 is 0 Å². The molecule has 1 aliphatic rings. The molecule has 2 N–H and O–H groups in total. The normalized spacial score (nSPS) is 16.7. The minimum absolute atomic E-state index is 0.385. The number of anilines is 1. The van der Waals surface area contributed by atoms with Gasteiger partial charge in [0, 0.05) is 5.69 Å². The number of benzene rings is 1. The molecule has 1 saturated carbocycles. The third-order valence-corrected chi connectivity index (χ3v) is 3.29. The third-order valence-electron chi connectivity index (χ3n) is 3.29. The number of ether oxygens (including phenoxy) is 1. The molecule has 2 rings (SSSR count). The molecule has 1 aromatic carbocycles. The predicted molar refractivity (Wildman–Crippen MR) is 72.3 cm³/mol. The molecule has 1 fully saturated rings. The Hall–Kier alpha value is -1.44. The van der Waals surface area contributed by atoms with E-state index >= 15 is 0 Å². The van der Waals surface area contributed by atoms with Crippen LogP contribution in [0.3, 0.4) is 0 Å². The van der Waals surface area contributed by atoms with Crippen molar-refractivity contribution in [2.24, 2.45) is 0 Å². The highest BCUT2D eigenvalue weighted by Crippen LogP contribution is 2.27. The van der Waals surface area contributed by atoms with Gasteiger partial charge in [0.15, 0.2) is 0 Å². The lowest BCUT2D eigenvalue weighted by Crippen LogP contribution is -2.20. The lowest BCUT2D eigenvalue weighted by Gasteiger charge is -2.24. The van der Waals surface area contributed by atoms with E-state index in [1.54, 1.807) is 0 Å². The summed E-state index contributed by atoms with van der Waals surface area (Å²) >= 11 is 0. The minimum Gasteiger partial charge on any atom is -0.490 e. The summed E-state index contributed by atoms with van der Waals surface area (Å²) in [5.41, 5.74) is 7.73. The van der Waals surface area contributed by atoms with Gasteiger partial charge in [-0.05, 0) is 55.9 Å². The van der Waals surface area contributed by atoms with Crippen molar-refractivity contribution in [2.45, 2.75) is 44.6 Å². The standard InChI is InChI=1S/C15H21NO/c1-2-6-12-11-13(16)9-10-15(12)17-14-7-4-3-5-8-14/h2,9-11,14H,1,3-8,16H2. The first-order valence-corrected chi connectivity index (χ1v) is 6.45. The number of hydrogen-bond acceptors (Lipinski definition) is 2. The lowest BCUT2D eigenvalue weighted by molar-refractivity contribution is 0.154. The first kappa shape index (κ1) is 12.0. The minimum atomic E-state index is 0.385. The van der Waals surface area contributed by atoms with Crippen LogP contribution in [0.25, 0.3) is 0 Å². The van der Waals surface area contributed by atoms with Gasteiger partial charge in [0.1, 0.15) is 5.75 Å². The molecule has 0 bridgehead atoms. The Morgan fingerprint density at radius 1 is 1.29 bits per heavy atom. The SMILES string of the molecule is C=CCc1cc(N)ccc1OC1CCCCC1. The van der Waals surface area contributed by atoms with Crippen molar-refractivity contribution in [3.05, 3.63) is 36.4 Å². The highest BCUT2D eigenvalue weighted by molar-refractivity contribution is 5.48. The lowest BCUT2D eigenvalue weighted by atomic mass is 9.97. The molecule has 0 aromatic heterocycles. The monoisotopic (exact) mass is 231 g/mol. The molecule has 2 nitrogen and oxygen atoms in total. The van der Waals surface area contributed by atoms with Gasteiger partial charge in [-0.15, -0.1) is 6.58 Å². The average molecular weight is 231 g/mol. The maximum absolute atomic E-state index is 6.09. The zero-order valence-corrected chi connectivity index (χ0v) is 10.3. The van der Waals surface area contributed by atoms with Gasteiger partial charge in [0.25, 0.3) is 0 Å². The maximum atomic E-state index is 6.09. The number of rotatable bonds is 4. The predicted octanol–water partition coefficient (Wildman–Crippen LogP) is 3.71. The molecule has 0 spiro atoms. The van der Waals surface area contributed by atoms with Crippen LogP contribution in [-0.2, 0) is 6.42 Å². The largest absolute Gasteiger partial charge is 0.490 e.